The van der Waals surface area contributed by atoms with Crippen molar-refractivity contribution < 1.29 is 28.5 Å². The maximum Gasteiger partial charge on any atom is 0.343 e. The molecule has 30 heavy (non-hydrogen) atoms. The number of pyridine rings is 1. The molecular formula is C23H15NO6. The summed E-state index contributed by atoms with van der Waals surface area (Å²) in [6, 6.07) is 13.4. The van der Waals surface area contributed by atoms with Gasteiger partial charge in [0.2, 0.25) is 12.6 Å². The summed E-state index contributed by atoms with van der Waals surface area (Å²) in [6.07, 6.45) is 3.22. The molecule has 0 radical (unpaired) electrons. The van der Waals surface area contributed by atoms with Crippen molar-refractivity contribution in [3.8, 4) is 23.0 Å². The molecule has 0 amide bonds. The second-order valence-corrected chi connectivity index (χ2v) is 6.77. The van der Waals surface area contributed by atoms with Crippen LogP contribution in [0.5, 0.6) is 23.0 Å². The lowest BCUT2D eigenvalue weighted by atomic mass is 10.0. The Labute approximate surface area is 171 Å². The van der Waals surface area contributed by atoms with E-state index in [0.29, 0.717) is 39.6 Å². The van der Waals surface area contributed by atoms with Gasteiger partial charge in [0, 0.05) is 18.3 Å². The summed E-state index contributed by atoms with van der Waals surface area (Å²) in [6.45, 7) is 1.89. The van der Waals surface area contributed by atoms with E-state index in [1.54, 1.807) is 55.6 Å². The number of rotatable bonds is 3. The molecule has 0 atom stereocenters. The molecule has 0 N–H and O–H groups in total. The molecule has 0 bridgehead atoms. The van der Waals surface area contributed by atoms with Crippen molar-refractivity contribution in [1.82, 2.24) is 4.98 Å². The molecular weight excluding hydrogens is 386 g/mol. The van der Waals surface area contributed by atoms with Crippen LogP contribution in [0.25, 0.3) is 6.08 Å². The summed E-state index contributed by atoms with van der Waals surface area (Å²) in [5.41, 5.74) is 2.03. The number of allylic oxidation sites excluding steroid dienone is 1. The van der Waals surface area contributed by atoms with E-state index in [0.717, 1.165) is 0 Å². The minimum atomic E-state index is -0.554. The number of fused-ring (bicyclic) bond motifs is 2. The second kappa shape index (κ2) is 7.04. The summed E-state index contributed by atoms with van der Waals surface area (Å²) >= 11 is 0. The molecule has 2 aliphatic heterocycles. The van der Waals surface area contributed by atoms with Crippen molar-refractivity contribution in [2.45, 2.75) is 6.92 Å². The van der Waals surface area contributed by atoms with Gasteiger partial charge in [-0.25, -0.2) is 4.79 Å². The fraction of sp³-hybridized carbons (Fsp3) is 0.0870. The van der Waals surface area contributed by atoms with Crippen LogP contribution in [0.15, 0.2) is 60.5 Å². The molecule has 3 heterocycles. The Morgan fingerprint density at radius 3 is 2.77 bits per heavy atom. The molecule has 0 fully saturated rings. The van der Waals surface area contributed by atoms with Crippen LogP contribution >= 0.6 is 0 Å². The number of hydrogen-bond donors (Lipinski definition) is 0. The van der Waals surface area contributed by atoms with Gasteiger partial charge in [-0.15, -0.1) is 0 Å². The van der Waals surface area contributed by atoms with Crippen LogP contribution in [0, 0.1) is 6.92 Å². The third-order valence-electron chi connectivity index (χ3n) is 4.73. The number of nitrogens with zero attached hydrogens (tertiary/aromatic N) is 1. The van der Waals surface area contributed by atoms with Gasteiger partial charge in [-0.3, -0.25) is 9.78 Å². The normalized spacial score (nSPS) is 15.1. The lowest BCUT2D eigenvalue weighted by Gasteiger charge is -2.08. The zero-order valence-electron chi connectivity index (χ0n) is 15.9. The molecule has 0 spiro atoms. The minimum Gasteiger partial charge on any atom is -0.454 e. The molecule has 148 valence electrons. The summed E-state index contributed by atoms with van der Waals surface area (Å²) < 4.78 is 21.8. The van der Waals surface area contributed by atoms with Gasteiger partial charge in [0.1, 0.15) is 11.5 Å². The monoisotopic (exact) mass is 401 g/mol. The van der Waals surface area contributed by atoms with Crippen LogP contribution < -0.4 is 18.9 Å². The standard InChI is InChI=1S/C23H15NO6/c1-13-8-16(29-23(26)14-5-6-17-18(9-14)28-12-27-17)11-19-21(13)22(25)20(30-19)10-15-4-2-3-7-24-15/h2-11H,12H2,1H3/b20-10-. The van der Waals surface area contributed by atoms with E-state index in [-0.39, 0.29) is 24.1 Å². The number of esters is 1. The summed E-state index contributed by atoms with van der Waals surface area (Å²) in [4.78, 5) is 29.5. The van der Waals surface area contributed by atoms with Crippen molar-refractivity contribution in [2.24, 2.45) is 0 Å². The highest BCUT2D eigenvalue weighted by Crippen LogP contribution is 2.38. The van der Waals surface area contributed by atoms with Crippen LogP contribution in [0.4, 0.5) is 0 Å². The first-order valence-corrected chi connectivity index (χ1v) is 9.20. The Bertz CT molecular complexity index is 1220. The number of Topliss-reactive ketones (excluding diaryl/α,β-unsaturated/α-hetero) is 1. The fourth-order valence-electron chi connectivity index (χ4n) is 3.32. The molecule has 0 saturated heterocycles. The molecule has 7 heteroatoms. The third-order valence-corrected chi connectivity index (χ3v) is 4.73. The zero-order valence-corrected chi connectivity index (χ0v) is 15.9. The first-order valence-electron chi connectivity index (χ1n) is 9.20. The Balaban J connectivity index is 1.40. The van der Waals surface area contributed by atoms with E-state index >= 15 is 0 Å². The van der Waals surface area contributed by atoms with Crippen LogP contribution in [-0.4, -0.2) is 23.5 Å². The molecule has 5 rings (SSSR count). The van der Waals surface area contributed by atoms with Gasteiger partial charge in [-0.2, -0.15) is 0 Å². The van der Waals surface area contributed by atoms with E-state index in [2.05, 4.69) is 4.98 Å². The van der Waals surface area contributed by atoms with Crippen molar-refractivity contribution in [3.63, 3.8) is 0 Å². The molecule has 2 aliphatic rings. The molecule has 0 unspecified atom stereocenters. The van der Waals surface area contributed by atoms with Crippen LogP contribution in [0.3, 0.4) is 0 Å². The Hall–Kier alpha value is -4.13. The number of carbonyl (C=O) groups is 2. The van der Waals surface area contributed by atoms with Gasteiger partial charge in [-0.1, -0.05) is 6.07 Å². The van der Waals surface area contributed by atoms with Crippen molar-refractivity contribution in [2.75, 3.05) is 6.79 Å². The number of aromatic nitrogens is 1. The lowest BCUT2D eigenvalue weighted by Crippen LogP contribution is -2.08. The van der Waals surface area contributed by atoms with Gasteiger partial charge in [0.15, 0.2) is 17.3 Å². The molecule has 2 aromatic carbocycles. The summed E-state index contributed by atoms with van der Waals surface area (Å²) in [5.74, 6) is 1.08. The average molecular weight is 401 g/mol. The maximum absolute atomic E-state index is 12.7. The Morgan fingerprint density at radius 1 is 1.07 bits per heavy atom. The van der Waals surface area contributed by atoms with E-state index < -0.39 is 5.97 Å². The predicted octanol–water partition coefficient (Wildman–Crippen LogP) is 3.95. The molecule has 0 aliphatic carbocycles. The smallest absolute Gasteiger partial charge is 0.343 e. The Kier molecular flexibility index (Phi) is 4.21. The molecule has 1 aromatic heterocycles. The number of hydrogen-bond acceptors (Lipinski definition) is 7. The zero-order chi connectivity index (χ0) is 20.7. The van der Waals surface area contributed by atoms with E-state index in [9.17, 15) is 9.59 Å². The summed E-state index contributed by atoms with van der Waals surface area (Å²) in [7, 11) is 0. The van der Waals surface area contributed by atoms with Crippen molar-refractivity contribution in [3.05, 3.63) is 82.9 Å². The van der Waals surface area contributed by atoms with Crippen molar-refractivity contribution in [1.29, 1.82) is 0 Å². The number of benzene rings is 2. The Morgan fingerprint density at radius 2 is 1.93 bits per heavy atom. The first-order chi connectivity index (χ1) is 14.6. The summed E-state index contributed by atoms with van der Waals surface area (Å²) in [5, 5.41) is 0. The highest BCUT2D eigenvalue weighted by atomic mass is 16.7. The average Bonchev–Trinajstić information content (AvgIpc) is 3.33. The number of aryl methyl sites for hydroxylation is 1. The van der Waals surface area contributed by atoms with Crippen LogP contribution in [0.1, 0.15) is 32.0 Å². The van der Waals surface area contributed by atoms with Crippen molar-refractivity contribution >= 4 is 17.8 Å². The topological polar surface area (TPSA) is 84.0 Å². The van der Waals surface area contributed by atoms with Gasteiger partial charge in [0.05, 0.1) is 16.8 Å². The van der Waals surface area contributed by atoms with Gasteiger partial charge < -0.3 is 18.9 Å². The maximum atomic E-state index is 12.7. The molecule has 3 aromatic rings. The minimum absolute atomic E-state index is 0.123. The first kappa shape index (κ1) is 17.9. The van der Waals surface area contributed by atoms with E-state index in [1.165, 1.54) is 6.07 Å². The third kappa shape index (κ3) is 3.16. The highest BCUT2D eigenvalue weighted by molar-refractivity contribution is 6.15. The quantitative estimate of drug-likeness (QED) is 0.373. The molecule has 0 saturated carbocycles. The van der Waals surface area contributed by atoms with Gasteiger partial charge >= 0.3 is 5.97 Å². The SMILES string of the molecule is Cc1cc(OC(=O)c2ccc3c(c2)OCO3)cc2c1C(=O)/C(=C/c1ccccn1)O2. The number of ether oxygens (including phenoxy) is 4. The second-order valence-electron chi connectivity index (χ2n) is 6.77. The molecule has 7 nitrogen and oxygen atoms in total. The van der Waals surface area contributed by atoms with Gasteiger partial charge in [-0.05, 0) is 48.9 Å². The van der Waals surface area contributed by atoms with E-state index in [4.69, 9.17) is 18.9 Å². The lowest BCUT2D eigenvalue weighted by molar-refractivity contribution is 0.0734. The predicted molar refractivity (Wildman–Crippen MR) is 106 cm³/mol. The number of carbonyl (C=O) groups excluding carboxylic acids is 2. The van der Waals surface area contributed by atoms with Crippen LogP contribution in [0.2, 0.25) is 0 Å². The largest absolute Gasteiger partial charge is 0.454 e. The fourth-order valence-corrected chi connectivity index (χ4v) is 3.32. The van der Waals surface area contributed by atoms with Gasteiger partial charge in [0.25, 0.3) is 0 Å². The van der Waals surface area contributed by atoms with Crippen LogP contribution in [-0.2, 0) is 0 Å². The highest BCUT2D eigenvalue weighted by Gasteiger charge is 2.30. The number of ketones is 1. The van der Waals surface area contributed by atoms with E-state index in [1.807, 2.05) is 6.07 Å².